The molecule has 2 heterocycles. The van der Waals surface area contributed by atoms with Gasteiger partial charge < -0.3 is 19.4 Å². The molecule has 3 amide bonds. The van der Waals surface area contributed by atoms with Gasteiger partial charge in [-0.1, -0.05) is 12.1 Å². The third kappa shape index (κ3) is 5.30. The molecule has 8 nitrogen and oxygen atoms in total. The summed E-state index contributed by atoms with van der Waals surface area (Å²) in [6.07, 6.45) is 0.393. The lowest BCUT2D eigenvalue weighted by Crippen LogP contribution is -2.51. The van der Waals surface area contributed by atoms with Gasteiger partial charge in [0.15, 0.2) is 0 Å². The number of amides is 3. The van der Waals surface area contributed by atoms with E-state index in [9.17, 15) is 14.4 Å². The van der Waals surface area contributed by atoms with Crippen molar-refractivity contribution >= 4 is 23.4 Å². The maximum atomic E-state index is 12.7. The van der Waals surface area contributed by atoms with Gasteiger partial charge in [0.1, 0.15) is 12.4 Å². The molecule has 0 N–H and O–H groups in total. The summed E-state index contributed by atoms with van der Waals surface area (Å²) in [6.45, 7) is 9.33. The molecule has 30 heavy (non-hydrogen) atoms. The molecule has 0 atom stereocenters. The fourth-order valence-electron chi connectivity index (χ4n) is 3.96. The SMILES string of the molecule is CCN(CC)C(=O)CN1CCN(C(=O)CCC(=O)N2CCOc3ccccc32)CC1. The smallest absolute Gasteiger partial charge is 0.236 e. The third-order valence-corrected chi connectivity index (χ3v) is 5.78. The van der Waals surface area contributed by atoms with Gasteiger partial charge in [0, 0.05) is 52.1 Å². The molecule has 0 spiro atoms. The molecule has 2 aliphatic rings. The van der Waals surface area contributed by atoms with Gasteiger partial charge in [-0.15, -0.1) is 0 Å². The topological polar surface area (TPSA) is 73.4 Å². The second-order valence-electron chi connectivity index (χ2n) is 7.58. The Labute approximate surface area is 178 Å². The molecule has 1 fully saturated rings. The summed E-state index contributed by atoms with van der Waals surface area (Å²) in [7, 11) is 0. The van der Waals surface area contributed by atoms with Crippen molar-refractivity contribution in [2.75, 3.05) is 63.9 Å². The standard InChI is InChI=1S/C22H32N4O4/c1-3-24(4-2)22(29)17-23-11-13-25(14-12-23)20(27)9-10-21(28)26-15-16-30-19-8-6-5-7-18(19)26/h5-8H,3-4,9-17H2,1-2H3. The number of rotatable bonds is 7. The summed E-state index contributed by atoms with van der Waals surface area (Å²) < 4.78 is 5.59. The molecular weight excluding hydrogens is 384 g/mol. The Kier molecular flexibility index (Phi) is 7.68. The molecule has 164 valence electrons. The number of carbonyl (C=O) groups is 3. The molecule has 0 aromatic heterocycles. The van der Waals surface area contributed by atoms with Gasteiger partial charge in [-0.25, -0.2) is 0 Å². The normalized spacial score (nSPS) is 16.6. The van der Waals surface area contributed by atoms with Gasteiger partial charge in [-0.2, -0.15) is 0 Å². The number of likely N-dealkylation sites (N-methyl/N-ethyl adjacent to an activating group) is 1. The highest BCUT2D eigenvalue weighted by atomic mass is 16.5. The van der Waals surface area contributed by atoms with E-state index in [2.05, 4.69) is 4.90 Å². The lowest BCUT2D eigenvalue weighted by molar-refractivity contribution is -0.136. The number of anilines is 1. The Balaban J connectivity index is 1.43. The van der Waals surface area contributed by atoms with E-state index in [-0.39, 0.29) is 30.6 Å². The average Bonchev–Trinajstić information content (AvgIpc) is 2.78. The molecule has 3 rings (SSSR count). The average molecular weight is 417 g/mol. The molecular formula is C22H32N4O4. The van der Waals surface area contributed by atoms with Crippen LogP contribution >= 0.6 is 0 Å². The summed E-state index contributed by atoms with van der Waals surface area (Å²) in [4.78, 5) is 45.0. The van der Waals surface area contributed by atoms with Crippen LogP contribution in [0.3, 0.4) is 0 Å². The third-order valence-electron chi connectivity index (χ3n) is 5.78. The van der Waals surface area contributed by atoms with Crippen molar-refractivity contribution in [1.29, 1.82) is 0 Å². The lowest BCUT2D eigenvalue weighted by Gasteiger charge is -2.35. The van der Waals surface area contributed by atoms with Crippen molar-refractivity contribution in [2.24, 2.45) is 0 Å². The van der Waals surface area contributed by atoms with Gasteiger partial charge in [0.25, 0.3) is 0 Å². The van der Waals surface area contributed by atoms with E-state index in [1.165, 1.54) is 0 Å². The Morgan fingerprint density at radius 2 is 1.60 bits per heavy atom. The van der Waals surface area contributed by atoms with Crippen LogP contribution in [0.25, 0.3) is 0 Å². The largest absolute Gasteiger partial charge is 0.490 e. The van der Waals surface area contributed by atoms with Crippen LogP contribution in [0, 0.1) is 0 Å². The Hall–Kier alpha value is -2.61. The second-order valence-corrected chi connectivity index (χ2v) is 7.58. The highest BCUT2D eigenvalue weighted by Gasteiger charge is 2.26. The zero-order valence-electron chi connectivity index (χ0n) is 18.0. The summed E-state index contributed by atoms with van der Waals surface area (Å²) in [5.74, 6) is 0.789. The Morgan fingerprint density at radius 3 is 2.30 bits per heavy atom. The van der Waals surface area contributed by atoms with Crippen LogP contribution in [-0.2, 0) is 14.4 Å². The Morgan fingerprint density at radius 1 is 0.933 bits per heavy atom. The first-order valence-corrected chi connectivity index (χ1v) is 10.8. The minimum absolute atomic E-state index is 0.000357. The number of para-hydroxylation sites is 2. The molecule has 8 heteroatoms. The van der Waals surface area contributed by atoms with Gasteiger partial charge in [0.2, 0.25) is 17.7 Å². The van der Waals surface area contributed by atoms with Gasteiger partial charge >= 0.3 is 0 Å². The number of fused-ring (bicyclic) bond motifs is 1. The van der Waals surface area contributed by atoms with Crippen LogP contribution in [0.5, 0.6) is 5.75 Å². The van der Waals surface area contributed by atoms with Crippen LogP contribution in [0.15, 0.2) is 24.3 Å². The van der Waals surface area contributed by atoms with Crippen molar-refractivity contribution in [3.63, 3.8) is 0 Å². The monoisotopic (exact) mass is 416 g/mol. The molecule has 0 bridgehead atoms. The van der Waals surface area contributed by atoms with Crippen molar-refractivity contribution in [3.8, 4) is 5.75 Å². The first-order chi connectivity index (χ1) is 14.5. The minimum atomic E-state index is -0.0532. The molecule has 0 radical (unpaired) electrons. The molecule has 0 aliphatic carbocycles. The quantitative estimate of drug-likeness (QED) is 0.668. The minimum Gasteiger partial charge on any atom is -0.490 e. The van der Waals surface area contributed by atoms with E-state index in [0.29, 0.717) is 51.6 Å². The van der Waals surface area contributed by atoms with Gasteiger partial charge in [-0.05, 0) is 26.0 Å². The summed E-state index contributed by atoms with van der Waals surface area (Å²) >= 11 is 0. The van der Waals surface area contributed by atoms with Gasteiger partial charge in [-0.3, -0.25) is 19.3 Å². The van der Waals surface area contributed by atoms with Crippen LogP contribution in [0.4, 0.5) is 5.69 Å². The maximum Gasteiger partial charge on any atom is 0.236 e. The van der Waals surface area contributed by atoms with Crippen LogP contribution < -0.4 is 9.64 Å². The van der Waals surface area contributed by atoms with E-state index in [1.54, 1.807) is 9.80 Å². The highest BCUT2D eigenvalue weighted by molar-refractivity contribution is 5.97. The van der Waals surface area contributed by atoms with Gasteiger partial charge in [0.05, 0.1) is 18.8 Å². The molecule has 2 aliphatic heterocycles. The number of nitrogens with zero attached hydrogens (tertiary/aromatic N) is 4. The zero-order valence-corrected chi connectivity index (χ0v) is 18.0. The Bertz CT molecular complexity index is 757. The van der Waals surface area contributed by atoms with Crippen molar-refractivity contribution in [3.05, 3.63) is 24.3 Å². The van der Waals surface area contributed by atoms with E-state index in [0.717, 1.165) is 18.8 Å². The summed E-state index contributed by atoms with van der Waals surface area (Å²) in [6, 6.07) is 7.48. The molecule has 0 unspecified atom stereocenters. The number of ether oxygens (including phenoxy) is 1. The van der Waals surface area contributed by atoms with E-state index < -0.39 is 0 Å². The first kappa shape index (κ1) is 22.1. The van der Waals surface area contributed by atoms with Crippen LogP contribution in [-0.4, -0.2) is 91.4 Å². The predicted octanol–water partition coefficient (Wildman–Crippen LogP) is 1.20. The zero-order chi connectivity index (χ0) is 21.5. The van der Waals surface area contributed by atoms with E-state index in [1.807, 2.05) is 43.0 Å². The number of hydrogen-bond donors (Lipinski definition) is 0. The fraction of sp³-hybridized carbons (Fsp3) is 0.591. The summed E-state index contributed by atoms with van der Waals surface area (Å²) in [5, 5.41) is 0. The number of benzene rings is 1. The number of hydrogen-bond acceptors (Lipinski definition) is 5. The molecule has 1 aromatic carbocycles. The van der Waals surface area contributed by atoms with Crippen molar-refractivity contribution < 1.29 is 19.1 Å². The maximum absolute atomic E-state index is 12.7. The molecule has 1 aromatic rings. The second kappa shape index (κ2) is 10.4. The predicted molar refractivity (Wildman–Crippen MR) is 114 cm³/mol. The van der Waals surface area contributed by atoms with Crippen LogP contribution in [0.1, 0.15) is 26.7 Å². The first-order valence-electron chi connectivity index (χ1n) is 10.8. The number of piperazine rings is 1. The van der Waals surface area contributed by atoms with Crippen LogP contribution in [0.2, 0.25) is 0 Å². The summed E-state index contributed by atoms with van der Waals surface area (Å²) in [5.41, 5.74) is 0.771. The lowest BCUT2D eigenvalue weighted by atomic mass is 10.2. The number of carbonyl (C=O) groups excluding carboxylic acids is 3. The van der Waals surface area contributed by atoms with Crippen molar-refractivity contribution in [2.45, 2.75) is 26.7 Å². The molecule has 0 saturated carbocycles. The van der Waals surface area contributed by atoms with Crippen molar-refractivity contribution in [1.82, 2.24) is 14.7 Å². The fourth-order valence-corrected chi connectivity index (χ4v) is 3.96. The van der Waals surface area contributed by atoms with E-state index >= 15 is 0 Å². The van der Waals surface area contributed by atoms with E-state index in [4.69, 9.17) is 4.74 Å². The highest BCUT2D eigenvalue weighted by Crippen LogP contribution is 2.31. The molecule has 1 saturated heterocycles.